The minimum absolute atomic E-state index is 0.0825. The Kier molecular flexibility index (Phi) is 4.76. The molecular formula is C24H22ClN7O. The van der Waals surface area contributed by atoms with Gasteiger partial charge in [-0.05, 0) is 49.9 Å². The quantitative estimate of drug-likeness (QED) is 0.462. The Morgan fingerprint density at radius 2 is 2.00 bits per heavy atom. The minimum atomic E-state index is -0.153. The van der Waals surface area contributed by atoms with Crippen LogP contribution in [-0.2, 0) is 13.5 Å². The smallest absolute Gasteiger partial charge is 0.294 e. The number of hydrogen-bond donors (Lipinski definition) is 0. The second-order valence-electron chi connectivity index (χ2n) is 8.56. The van der Waals surface area contributed by atoms with Gasteiger partial charge in [0.2, 0.25) is 5.82 Å². The molecule has 2 aliphatic rings. The van der Waals surface area contributed by atoms with Gasteiger partial charge in [0.15, 0.2) is 5.82 Å². The Hall–Kier alpha value is -3.52. The van der Waals surface area contributed by atoms with Crippen LogP contribution in [0.25, 0.3) is 17.1 Å². The molecule has 0 spiro atoms. The summed E-state index contributed by atoms with van der Waals surface area (Å²) in [5, 5.41) is 10.0. The van der Waals surface area contributed by atoms with Gasteiger partial charge in [-0.1, -0.05) is 29.8 Å². The second kappa shape index (κ2) is 7.81. The van der Waals surface area contributed by atoms with E-state index in [2.05, 4.69) is 21.1 Å². The van der Waals surface area contributed by atoms with E-state index in [0.29, 0.717) is 10.8 Å². The number of nitrogens with zero attached hydrogens (tertiary/aromatic N) is 7. The molecule has 1 fully saturated rings. The Balaban J connectivity index is 1.37. The standard InChI is InChI=1S/C24H22ClN7O/c1-30-22(15-6-4-7-16(25)12-15)18-13-17-8-5-9-19(21(18)28-30)32(17)24(33)23-27-14-31(29-23)20-10-2-3-11-26-20/h2-4,6-7,10-12,14,17,19H,5,8-9,13H2,1H3/t17-,19+/m0/s1. The maximum absolute atomic E-state index is 13.6. The third kappa shape index (κ3) is 3.33. The van der Waals surface area contributed by atoms with Crippen LogP contribution in [0.5, 0.6) is 0 Å². The summed E-state index contributed by atoms with van der Waals surface area (Å²) >= 11 is 6.27. The first-order chi connectivity index (χ1) is 16.1. The maximum Gasteiger partial charge on any atom is 0.294 e. The number of halogens is 1. The topological polar surface area (TPSA) is 81.7 Å². The summed E-state index contributed by atoms with van der Waals surface area (Å²) in [6, 6.07) is 13.4. The molecule has 3 aromatic heterocycles. The highest BCUT2D eigenvalue weighted by molar-refractivity contribution is 6.30. The lowest BCUT2D eigenvalue weighted by Gasteiger charge is -2.44. The number of carbonyl (C=O) groups is 1. The Morgan fingerprint density at radius 1 is 1.09 bits per heavy atom. The number of aryl methyl sites for hydroxylation is 1. The molecule has 6 rings (SSSR count). The van der Waals surface area contributed by atoms with Gasteiger partial charge in [-0.15, -0.1) is 5.10 Å². The van der Waals surface area contributed by atoms with E-state index in [1.807, 2.05) is 53.0 Å². The lowest BCUT2D eigenvalue weighted by atomic mass is 9.81. The monoisotopic (exact) mass is 459 g/mol. The summed E-state index contributed by atoms with van der Waals surface area (Å²) < 4.78 is 3.46. The highest BCUT2D eigenvalue weighted by Crippen LogP contribution is 2.45. The van der Waals surface area contributed by atoms with Gasteiger partial charge >= 0.3 is 0 Å². The highest BCUT2D eigenvalue weighted by atomic mass is 35.5. The van der Waals surface area contributed by atoms with Gasteiger partial charge in [0.25, 0.3) is 5.91 Å². The first-order valence-electron chi connectivity index (χ1n) is 11.1. The average molecular weight is 460 g/mol. The molecule has 0 unspecified atom stereocenters. The molecule has 2 bridgehead atoms. The molecule has 33 heavy (non-hydrogen) atoms. The van der Waals surface area contributed by atoms with E-state index in [0.717, 1.165) is 42.6 Å². The van der Waals surface area contributed by atoms with Gasteiger partial charge in [0.05, 0.1) is 17.4 Å². The number of amides is 1. The third-order valence-electron chi connectivity index (χ3n) is 6.58. The van der Waals surface area contributed by atoms with Crippen molar-refractivity contribution in [3.05, 3.63) is 77.1 Å². The van der Waals surface area contributed by atoms with E-state index >= 15 is 0 Å². The largest absolute Gasteiger partial charge is 0.324 e. The lowest BCUT2D eigenvalue weighted by molar-refractivity contribution is 0.0379. The number of piperidine rings is 1. The summed E-state index contributed by atoms with van der Waals surface area (Å²) in [5.41, 5.74) is 4.31. The van der Waals surface area contributed by atoms with E-state index in [1.54, 1.807) is 12.5 Å². The summed E-state index contributed by atoms with van der Waals surface area (Å²) in [6.45, 7) is 0. The van der Waals surface area contributed by atoms with Crippen LogP contribution >= 0.6 is 11.6 Å². The molecule has 2 aliphatic heterocycles. The van der Waals surface area contributed by atoms with Crippen molar-refractivity contribution in [3.8, 4) is 17.1 Å². The summed E-state index contributed by atoms with van der Waals surface area (Å²) in [6.07, 6.45) is 6.88. The van der Waals surface area contributed by atoms with Crippen LogP contribution in [0.1, 0.15) is 47.2 Å². The van der Waals surface area contributed by atoms with E-state index in [4.69, 9.17) is 16.7 Å². The van der Waals surface area contributed by atoms with Crippen molar-refractivity contribution < 1.29 is 4.79 Å². The molecule has 8 nitrogen and oxygen atoms in total. The van der Waals surface area contributed by atoms with Crippen LogP contribution in [0.2, 0.25) is 5.02 Å². The minimum Gasteiger partial charge on any atom is -0.324 e. The molecule has 5 heterocycles. The Bertz CT molecular complexity index is 1350. The maximum atomic E-state index is 13.6. The van der Waals surface area contributed by atoms with Gasteiger partial charge in [-0.25, -0.2) is 14.6 Å². The fourth-order valence-corrected chi connectivity index (χ4v) is 5.41. The number of hydrogen-bond acceptors (Lipinski definition) is 5. The van der Waals surface area contributed by atoms with Gasteiger partial charge < -0.3 is 4.90 Å². The van der Waals surface area contributed by atoms with Crippen LogP contribution < -0.4 is 0 Å². The molecule has 0 N–H and O–H groups in total. The van der Waals surface area contributed by atoms with E-state index < -0.39 is 0 Å². The zero-order chi connectivity index (χ0) is 22.5. The third-order valence-corrected chi connectivity index (χ3v) is 6.81. The normalized spacial score (nSPS) is 19.4. The zero-order valence-corrected chi connectivity index (χ0v) is 18.9. The number of aromatic nitrogens is 6. The molecule has 2 atom stereocenters. The summed E-state index contributed by atoms with van der Waals surface area (Å²) in [7, 11) is 1.96. The molecule has 0 radical (unpaired) electrons. The molecule has 1 amide bonds. The fraction of sp³-hybridized carbons (Fsp3) is 0.292. The summed E-state index contributed by atoms with van der Waals surface area (Å²) in [4.78, 5) is 24.1. The number of pyridine rings is 1. The van der Waals surface area contributed by atoms with Crippen LogP contribution in [-0.4, -0.2) is 46.4 Å². The molecule has 1 saturated heterocycles. The number of benzene rings is 1. The average Bonchev–Trinajstić information content (AvgIpc) is 3.44. The molecule has 0 aliphatic carbocycles. The number of fused-ring (bicyclic) bond motifs is 4. The molecule has 4 aromatic rings. The predicted octanol–water partition coefficient (Wildman–Crippen LogP) is 4.01. The fourth-order valence-electron chi connectivity index (χ4n) is 5.22. The first kappa shape index (κ1) is 20.1. The molecule has 0 saturated carbocycles. The van der Waals surface area contributed by atoms with Crippen molar-refractivity contribution >= 4 is 17.5 Å². The summed E-state index contributed by atoms with van der Waals surface area (Å²) in [5.74, 6) is 0.660. The highest BCUT2D eigenvalue weighted by Gasteiger charge is 2.44. The lowest BCUT2D eigenvalue weighted by Crippen LogP contribution is -2.50. The van der Waals surface area contributed by atoms with Crippen molar-refractivity contribution in [1.82, 2.24) is 34.4 Å². The Morgan fingerprint density at radius 3 is 2.82 bits per heavy atom. The molecule has 166 valence electrons. The van der Waals surface area contributed by atoms with Crippen molar-refractivity contribution in [3.63, 3.8) is 0 Å². The Labute approximate surface area is 195 Å². The van der Waals surface area contributed by atoms with Crippen molar-refractivity contribution in [2.75, 3.05) is 0 Å². The predicted molar refractivity (Wildman–Crippen MR) is 123 cm³/mol. The van der Waals surface area contributed by atoms with Crippen molar-refractivity contribution in [2.24, 2.45) is 7.05 Å². The number of carbonyl (C=O) groups excluding carboxylic acids is 1. The zero-order valence-electron chi connectivity index (χ0n) is 18.1. The van der Waals surface area contributed by atoms with Crippen molar-refractivity contribution in [2.45, 2.75) is 37.8 Å². The van der Waals surface area contributed by atoms with Gasteiger partial charge in [-0.2, -0.15) is 5.10 Å². The van der Waals surface area contributed by atoms with Crippen LogP contribution in [0.3, 0.4) is 0 Å². The van der Waals surface area contributed by atoms with Crippen LogP contribution in [0.15, 0.2) is 55.0 Å². The second-order valence-corrected chi connectivity index (χ2v) is 9.00. The van der Waals surface area contributed by atoms with Crippen LogP contribution in [0, 0.1) is 0 Å². The van der Waals surface area contributed by atoms with Gasteiger partial charge in [0, 0.05) is 35.4 Å². The van der Waals surface area contributed by atoms with E-state index in [9.17, 15) is 4.79 Å². The van der Waals surface area contributed by atoms with Gasteiger partial charge in [0.1, 0.15) is 6.33 Å². The molecular weight excluding hydrogens is 438 g/mol. The van der Waals surface area contributed by atoms with E-state index in [1.165, 1.54) is 10.2 Å². The number of rotatable bonds is 3. The molecule has 9 heteroatoms. The van der Waals surface area contributed by atoms with Gasteiger partial charge in [-0.3, -0.25) is 9.48 Å². The first-order valence-corrected chi connectivity index (χ1v) is 11.5. The SMILES string of the molecule is Cn1nc2c(c1-c1cccc(Cl)c1)C[C@@H]1CCC[C@H]2N1C(=O)c1ncn(-c2ccccn2)n1. The van der Waals surface area contributed by atoms with Crippen molar-refractivity contribution in [1.29, 1.82) is 0 Å². The van der Waals surface area contributed by atoms with Crippen LogP contribution in [0.4, 0.5) is 0 Å². The van der Waals surface area contributed by atoms with E-state index in [-0.39, 0.29) is 23.8 Å². The molecule has 1 aromatic carbocycles.